The van der Waals surface area contributed by atoms with E-state index in [1.807, 2.05) is 0 Å². The average Bonchev–Trinajstić information content (AvgIpc) is 3.05. The average molecular weight is 438 g/mol. The predicted molar refractivity (Wildman–Crippen MR) is 112 cm³/mol. The fourth-order valence-electron chi connectivity index (χ4n) is 2.99. The van der Waals surface area contributed by atoms with Gasteiger partial charge in [-0.15, -0.1) is 0 Å². The predicted octanol–water partition coefficient (Wildman–Crippen LogP) is 2.16. The molecule has 0 unspecified atom stereocenters. The number of hydrogen-bond donors (Lipinski definition) is 0. The monoisotopic (exact) mass is 437 g/mol. The number of cyclic esters (lactones) is 1. The van der Waals surface area contributed by atoms with E-state index in [4.69, 9.17) is 14.2 Å². The van der Waals surface area contributed by atoms with Gasteiger partial charge in [-0.25, -0.2) is 13.2 Å². The maximum Gasteiger partial charge on any atom is 0.414 e. The summed E-state index contributed by atoms with van der Waals surface area (Å²) in [5, 5.41) is 0. The van der Waals surface area contributed by atoms with Crippen molar-refractivity contribution in [1.29, 1.82) is 0 Å². The van der Waals surface area contributed by atoms with Gasteiger partial charge in [-0.1, -0.05) is 11.8 Å². The molecule has 1 heterocycles. The van der Waals surface area contributed by atoms with Gasteiger partial charge in [0.05, 0.1) is 19.8 Å². The van der Waals surface area contributed by atoms with E-state index in [-0.39, 0.29) is 19.6 Å². The van der Waals surface area contributed by atoms with E-state index >= 15 is 0 Å². The number of nitrogens with zero attached hydrogens (tertiary/aromatic N) is 1. The van der Waals surface area contributed by atoms with E-state index in [1.165, 1.54) is 11.8 Å². The molecule has 1 aliphatic heterocycles. The highest BCUT2D eigenvalue weighted by Gasteiger charge is 2.49. The molecule has 1 fully saturated rings. The number of rotatable bonds is 8. The maximum atomic E-state index is 12.3. The van der Waals surface area contributed by atoms with Crippen molar-refractivity contribution in [2.75, 3.05) is 38.0 Å². The maximum absolute atomic E-state index is 12.3. The smallest absolute Gasteiger partial charge is 0.414 e. The number of sulfone groups is 1. The zero-order valence-electron chi connectivity index (χ0n) is 17.6. The van der Waals surface area contributed by atoms with Crippen molar-refractivity contribution >= 4 is 27.6 Å². The first-order valence-electron chi connectivity index (χ1n) is 9.55. The number of anilines is 1. The van der Waals surface area contributed by atoms with E-state index in [0.29, 0.717) is 18.7 Å². The van der Waals surface area contributed by atoms with Crippen LogP contribution < -0.4 is 4.90 Å². The summed E-state index contributed by atoms with van der Waals surface area (Å²) in [4.78, 5) is 26.1. The van der Waals surface area contributed by atoms with Crippen molar-refractivity contribution in [1.82, 2.24) is 0 Å². The Morgan fingerprint density at radius 3 is 2.57 bits per heavy atom. The summed E-state index contributed by atoms with van der Waals surface area (Å²) in [6.45, 7) is 3.64. The molecule has 0 radical (unpaired) electrons. The lowest BCUT2D eigenvalue weighted by molar-refractivity contribution is -0.146. The van der Waals surface area contributed by atoms with Crippen molar-refractivity contribution in [2.45, 2.75) is 37.5 Å². The van der Waals surface area contributed by atoms with Crippen LogP contribution in [-0.2, 0) is 28.8 Å². The summed E-state index contributed by atoms with van der Waals surface area (Å²) in [7, 11) is -2.19. The Kier molecular flexibility index (Phi) is 7.87. The minimum atomic E-state index is -3.80. The van der Waals surface area contributed by atoms with E-state index in [9.17, 15) is 18.0 Å². The SMILES string of the molecule is CCOC(=O)[C@@](C)(C[C@H]1CN(c2ccc(C#CCCOC)cc2)C(=O)O1)S(C)(=O)=O. The van der Waals surface area contributed by atoms with Gasteiger partial charge >= 0.3 is 12.1 Å². The second-order valence-corrected chi connectivity index (χ2v) is 9.58. The molecular formula is C21H27NO7S. The molecule has 164 valence electrons. The number of benzene rings is 1. The number of hydrogen-bond acceptors (Lipinski definition) is 7. The Hall–Kier alpha value is -2.57. The molecule has 1 aromatic carbocycles. The minimum absolute atomic E-state index is 0.0568. The van der Waals surface area contributed by atoms with E-state index in [2.05, 4.69) is 11.8 Å². The van der Waals surface area contributed by atoms with Crippen LogP contribution in [0.5, 0.6) is 0 Å². The second kappa shape index (κ2) is 9.96. The quantitative estimate of drug-likeness (QED) is 0.349. The number of esters is 1. The van der Waals surface area contributed by atoms with Crippen LogP contribution in [-0.4, -0.2) is 64.5 Å². The molecule has 0 bridgehead atoms. The van der Waals surface area contributed by atoms with Crippen molar-refractivity contribution in [2.24, 2.45) is 0 Å². The van der Waals surface area contributed by atoms with Gasteiger partial charge in [0.25, 0.3) is 0 Å². The number of ether oxygens (including phenoxy) is 3. The van der Waals surface area contributed by atoms with Crippen molar-refractivity contribution < 1.29 is 32.2 Å². The van der Waals surface area contributed by atoms with Gasteiger partial charge in [0, 0.05) is 37.5 Å². The lowest BCUT2D eigenvalue weighted by Gasteiger charge is -2.27. The summed E-state index contributed by atoms with van der Waals surface area (Å²) in [5.74, 6) is 5.15. The third-order valence-electron chi connectivity index (χ3n) is 4.86. The van der Waals surface area contributed by atoms with Gasteiger partial charge in [-0.2, -0.15) is 0 Å². The summed E-state index contributed by atoms with van der Waals surface area (Å²) in [5.41, 5.74) is 1.40. The topological polar surface area (TPSA) is 99.2 Å². The molecule has 1 aromatic rings. The van der Waals surface area contributed by atoms with Crippen LogP contribution in [0, 0.1) is 11.8 Å². The third-order valence-corrected chi connectivity index (χ3v) is 6.83. The van der Waals surface area contributed by atoms with E-state index in [1.54, 1.807) is 38.3 Å². The van der Waals surface area contributed by atoms with Crippen LogP contribution >= 0.6 is 0 Å². The van der Waals surface area contributed by atoms with E-state index in [0.717, 1.165) is 11.8 Å². The molecule has 0 aliphatic carbocycles. The third kappa shape index (κ3) is 5.52. The second-order valence-electron chi connectivity index (χ2n) is 7.14. The van der Waals surface area contributed by atoms with Gasteiger partial charge < -0.3 is 14.2 Å². The molecule has 1 amide bonds. The highest BCUT2D eigenvalue weighted by molar-refractivity contribution is 7.92. The molecule has 2 rings (SSSR count). The van der Waals surface area contributed by atoms with Crippen LogP contribution in [0.4, 0.5) is 10.5 Å². The summed E-state index contributed by atoms with van der Waals surface area (Å²) < 4.78 is 38.0. The van der Waals surface area contributed by atoms with Crippen LogP contribution in [0.2, 0.25) is 0 Å². The fraction of sp³-hybridized carbons (Fsp3) is 0.524. The van der Waals surface area contributed by atoms with Crippen molar-refractivity contribution in [3.8, 4) is 11.8 Å². The summed E-state index contributed by atoms with van der Waals surface area (Å²) in [6.07, 6.45) is 0.0486. The Morgan fingerprint density at radius 1 is 1.33 bits per heavy atom. The van der Waals surface area contributed by atoms with Crippen molar-refractivity contribution in [3.63, 3.8) is 0 Å². The standard InChI is InChI=1S/C21H27NO7S/c1-5-28-19(23)21(2,30(4,25)26)14-18-15-22(20(24)29-18)17-11-9-16(10-12-17)8-6-7-13-27-3/h9-12,18H,5,7,13-15H2,1-4H3/t18-,21+/m0/s1. The molecule has 1 aliphatic rings. The number of carbonyl (C=O) groups is 2. The molecule has 30 heavy (non-hydrogen) atoms. The molecule has 0 saturated carbocycles. The zero-order chi connectivity index (χ0) is 22.4. The molecule has 0 N–H and O–H groups in total. The van der Waals surface area contributed by atoms with Crippen LogP contribution in [0.3, 0.4) is 0 Å². The first kappa shape index (κ1) is 23.7. The summed E-state index contributed by atoms with van der Waals surface area (Å²) in [6, 6.07) is 7.06. The molecule has 9 heteroatoms. The first-order chi connectivity index (χ1) is 14.1. The van der Waals surface area contributed by atoms with Gasteiger partial charge in [-0.3, -0.25) is 9.69 Å². The zero-order valence-corrected chi connectivity index (χ0v) is 18.5. The van der Waals surface area contributed by atoms with Gasteiger partial charge in [-0.05, 0) is 38.1 Å². The van der Waals surface area contributed by atoms with Gasteiger partial charge in [0.2, 0.25) is 0 Å². The van der Waals surface area contributed by atoms with Crippen LogP contribution in [0.1, 0.15) is 32.3 Å². The lowest BCUT2D eigenvalue weighted by atomic mass is 10.0. The molecule has 0 aromatic heterocycles. The van der Waals surface area contributed by atoms with Crippen molar-refractivity contribution in [3.05, 3.63) is 29.8 Å². The Morgan fingerprint density at radius 2 is 2.00 bits per heavy atom. The number of methoxy groups -OCH3 is 1. The molecule has 2 atom stereocenters. The normalized spacial score (nSPS) is 18.2. The van der Waals surface area contributed by atoms with Crippen LogP contribution in [0.25, 0.3) is 0 Å². The molecular weight excluding hydrogens is 410 g/mol. The van der Waals surface area contributed by atoms with Gasteiger partial charge in [0.15, 0.2) is 14.6 Å². The fourth-order valence-corrected chi connectivity index (χ4v) is 3.84. The molecule has 8 nitrogen and oxygen atoms in total. The molecule has 0 spiro atoms. The highest BCUT2D eigenvalue weighted by Crippen LogP contribution is 2.30. The Balaban J connectivity index is 2.12. The highest BCUT2D eigenvalue weighted by atomic mass is 32.2. The number of amides is 1. The summed E-state index contributed by atoms with van der Waals surface area (Å²) >= 11 is 0. The lowest BCUT2D eigenvalue weighted by Crippen LogP contribution is -2.47. The largest absolute Gasteiger partial charge is 0.465 e. The molecule has 1 saturated heterocycles. The first-order valence-corrected chi connectivity index (χ1v) is 11.4. The number of carbonyl (C=O) groups excluding carboxylic acids is 2. The van der Waals surface area contributed by atoms with E-state index < -0.39 is 32.8 Å². The van der Waals surface area contributed by atoms with Gasteiger partial charge in [0.1, 0.15) is 6.10 Å². The Bertz CT molecular complexity index is 930. The Labute approximate surface area is 177 Å². The van der Waals surface area contributed by atoms with Crippen LogP contribution in [0.15, 0.2) is 24.3 Å². The minimum Gasteiger partial charge on any atom is -0.465 e.